The minimum absolute atomic E-state index is 0.226. The number of rotatable bonds is 4. The van der Waals surface area contributed by atoms with Crippen molar-refractivity contribution in [2.45, 2.75) is 6.10 Å². The van der Waals surface area contributed by atoms with Gasteiger partial charge in [-0.05, 0) is 40.2 Å². The third-order valence-electron chi connectivity index (χ3n) is 2.40. The Balaban J connectivity index is 2.23. The molecule has 0 spiro atoms. The number of nitrogens with two attached hydrogens (primary N) is 1. The summed E-state index contributed by atoms with van der Waals surface area (Å²) in [5.41, 5.74) is 6.26. The first kappa shape index (κ1) is 13.1. The van der Waals surface area contributed by atoms with Gasteiger partial charge in [-0.1, -0.05) is 12.1 Å². The van der Waals surface area contributed by atoms with Crippen LogP contribution in [0.3, 0.4) is 0 Å². The van der Waals surface area contributed by atoms with E-state index in [1.807, 2.05) is 24.3 Å². The Kier molecular flexibility index (Phi) is 4.37. The first-order chi connectivity index (χ1) is 8.74. The molecule has 2 N–H and O–H groups in total. The minimum Gasteiger partial charge on any atom is -0.482 e. The number of para-hydroxylation sites is 1. The van der Waals surface area contributed by atoms with Crippen LogP contribution in [0.2, 0.25) is 0 Å². The van der Waals surface area contributed by atoms with Gasteiger partial charge in [-0.3, -0.25) is 0 Å². The fourth-order valence-corrected chi connectivity index (χ4v) is 3.00. The van der Waals surface area contributed by atoms with E-state index in [9.17, 15) is 0 Å². The highest BCUT2D eigenvalue weighted by Gasteiger charge is 2.15. The van der Waals surface area contributed by atoms with Gasteiger partial charge in [-0.2, -0.15) is 5.26 Å². The van der Waals surface area contributed by atoms with Crippen LogP contribution in [0.4, 0.5) is 0 Å². The first-order valence-electron chi connectivity index (χ1n) is 5.35. The largest absolute Gasteiger partial charge is 0.482 e. The molecule has 3 nitrogen and oxygen atoms in total. The molecule has 0 aliphatic rings. The van der Waals surface area contributed by atoms with E-state index >= 15 is 0 Å². The van der Waals surface area contributed by atoms with Gasteiger partial charge in [0.2, 0.25) is 0 Å². The number of halogens is 1. The summed E-state index contributed by atoms with van der Waals surface area (Å²) in [5.74, 6) is 0.569. The van der Waals surface area contributed by atoms with E-state index < -0.39 is 0 Å². The van der Waals surface area contributed by atoms with Crippen LogP contribution in [0.25, 0.3) is 0 Å². The molecule has 1 atom stereocenters. The highest BCUT2D eigenvalue weighted by molar-refractivity contribution is 9.11. The summed E-state index contributed by atoms with van der Waals surface area (Å²) in [4.78, 5) is 1.04. The number of hydrogen-bond donors (Lipinski definition) is 1. The minimum atomic E-state index is -0.226. The molecule has 2 aromatic rings. The average molecular weight is 323 g/mol. The molecule has 92 valence electrons. The standard InChI is InChI=1S/C13H11BrN2OS/c14-13-6-5-12(18-13)11(8-16)17-10-4-2-1-3-9(10)7-15/h1-6,11H,8,16H2. The Labute approximate surface area is 118 Å². The molecule has 5 heteroatoms. The fourth-order valence-electron chi connectivity index (χ4n) is 1.54. The van der Waals surface area contributed by atoms with Crippen molar-refractivity contribution in [3.8, 4) is 11.8 Å². The zero-order valence-corrected chi connectivity index (χ0v) is 11.9. The van der Waals surface area contributed by atoms with Crippen LogP contribution < -0.4 is 10.5 Å². The molecule has 0 aliphatic carbocycles. The number of benzene rings is 1. The molecule has 0 fully saturated rings. The molecule has 18 heavy (non-hydrogen) atoms. The quantitative estimate of drug-likeness (QED) is 0.937. The first-order valence-corrected chi connectivity index (χ1v) is 6.96. The number of ether oxygens (including phenoxy) is 1. The van der Waals surface area contributed by atoms with Crippen molar-refractivity contribution in [2.75, 3.05) is 6.54 Å². The van der Waals surface area contributed by atoms with E-state index in [1.165, 1.54) is 0 Å². The van der Waals surface area contributed by atoms with Crippen molar-refractivity contribution in [2.24, 2.45) is 5.73 Å². The van der Waals surface area contributed by atoms with E-state index in [1.54, 1.807) is 23.5 Å². The maximum Gasteiger partial charge on any atom is 0.145 e. The van der Waals surface area contributed by atoms with Gasteiger partial charge in [-0.15, -0.1) is 11.3 Å². The smallest absolute Gasteiger partial charge is 0.145 e. The number of nitriles is 1. The molecule has 1 heterocycles. The second-order valence-electron chi connectivity index (χ2n) is 3.59. The lowest BCUT2D eigenvalue weighted by molar-refractivity contribution is 0.217. The number of thiophene rings is 1. The Bertz CT molecular complexity index is 576. The molecule has 2 rings (SSSR count). The fraction of sp³-hybridized carbons (Fsp3) is 0.154. The van der Waals surface area contributed by atoms with E-state index in [0.29, 0.717) is 17.9 Å². The van der Waals surface area contributed by atoms with Gasteiger partial charge in [0, 0.05) is 11.4 Å². The Morgan fingerprint density at radius 2 is 2.11 bits per heavy atom. The van der Waals surface area contributed by atoms with Crippen molar-refractivity contribution in [3.63, 3.8) is 0 Å². The predicted molar refractivity (Wildman–Crippen MR) is 75.6 cm³/mol. The van der Waals surface area contributed by atoms with Crippen molar-refractivity contribution in [1.82, 2.24) is 0 Å². The van der Waals surface area contributed by atoms with Crippen LogP contribution in [-0.4, -0.2) is 6.54 Å². The van der Waals surface area contributed by atoms with Gasteiger partial charge in [-0.25, -0.2) is 0 Å². The topological polar surface area (TPSA) is 59.0 Å². The van der Waals surface area contributed by atoms with Gasteiger partial charge >= 0.3 is 0 Å². The van der Waals surface area contributed by atoms with Gasteiger partial charge in [0.25, 0.3) is 0 Å². The summed E-state index contributed by atoms with van der Waals surface area (Å²) in [5, 5.41) is 9.01. The highest BCUT2D eigenvalue weighted by Crippen LogP contribution is 2.31. The summed E-state index contributed by atoms with van der Waals surface area (Å²) in [6.07, 6.45) is -0.226. The van der Waals surface area contributed by atoms with Crippen LogP contribution >= 0.6 is 27.3 Å². The Morgan fingerprint density at radius 1 is 1.33 bits per heavy atom. The molecule has 0 aliphatic heterocycles. The van der Waals surface area contributed by atoms with Crippen LogP contribution in [0.5, 0.6) is 5.75 Å². The summed E-state index contributed by atoms with van der Waals surface area (Å²) in [6.45, 7) is 0.368. The van der Waals surface area contributed by atoms with Crippen molar-refractivity contribution in [1.29, 1.82) is 5.26 Å². The van der Waals surface area contributed by atoms with Crippen LogP contribution in [0, 0.1) is 11.3 Å². The molecule has 0 radical (unpaired) electrons. The van der Waals surface area contributed by atoms with E-state index in [2.05, 4.69) is 22.0 Å². The van der Waals surface area contributed by atoms with E-state index in [-0.39, 0.29) is 6.10 Å². The van der Waals surface area contributed by atoms with Crippen molar-refractivity contribution < 1.29 is 4.74 Å². The Hall–Kier alpha value is -1.35. The van der Waals surface area contributed by atoms with Gasteiger partial charge in [0.05, 0.1) is 9.35 Å². The van der Waals surface area contributed by atoms with Gasteiger partial charge < -0.3 is 10.5 Å². The van der Waals surface area contributed by atoms with E-state index in [0.717, 1.165) is 8.66 Å². The summed E-state index contributed by atoms with van der Waals surface area (Å²) in [7, 11) is 0. The summed E-state index contributed by atoms with van der Waals surface area (Å²) >= 11 is 4.99. The molecule has 1 aromatic heterocycles. The lowest BCUT2D eigenvalue weighted by atomic mass is 10.2. The lowest BCUT2D eigenvalue weighted by Crippen LogP contribution is -2.17. The molecular formula is C13H11BrN2OS. The molecule has 1 aromatic carbocycles. The summed E-state index contributed by atoms with van der Waals surface area (Å²) < 4.78 is 6.86. The van der Waals surface area contributed by atoms with Crippen LogP contribution in [-0.2, 0) is 0 Å². The zero-order chi connectivity index (χ0) is 13.0. The van der Waals surface area contributed by atoms with Crippen molar-refractivity contribution >= 4 is 27.3 Å². The normalized spacial score (nSPS) is 11.8. The third-order valence-corrected chi connectivity index (χ3v) is 4.12. The molecule has 0 saturated carbocycles. The van der Waals surface area contributed by atoms with Gasteiger partial charge in [0.1, 0.15) is 17.9 Å². The molecule has 1 unspecified atom stereocenters. The second-order valence-corrected chi connectivity index (χ2v) is 6.09. The van der Waals surface area contributed by atoms with Crippen molar-refractivity contribution in [3.05, 3.63) is 50.6 Å². The third kappa shape index (κ3) is 2.91. The maximum atomic E-state index is 9.01. The van der Waals surface area contributed by atoms with Crippen LogP contribution in [0.15, 0.2) is 40.2 Å². The number of hydrogen-bond acceptors (Lipinski definition) is 4. The zero-order valence-electron chi connectivity index (χ0n) is 9.47. The second kappa shape index (κ2) is 6.01. The van der Waals surface area contributed by atoms with Crippen LogP contribution in [0.1, 0.15) is 16.5 Å². The molecule has 0 amide bonds. The Morgan fingerprint density at radius 3 is 2.72 bits per heavy atom. The monoisotopic (exact) mass is 322 g/mol. The molecule has 0 saturated heterocycles. The predicted octanol–water partition coefficient (Wildman–Crippen LogP) is 3.46. The van der Waals surface area contributed by atoms with E-state index in [4.69, 9.17) is 15.7 Å². The maximum absolute atomic E-state index is 9.01. The summed E-state index contributed by atoms with van der Waals surface area (Å²) in [6, 6.07) is 13.2. The highest BCUT2D eigenvalue weighted by atomic mass is 79.9. The lowest BCUT2D eigenvalue weighted by Gasteiger charge is -2.16. The van der Waals surface area contributed by atoms with Gasteiger partial charge in [0.15, 0.2) is 0 Å². The molecule has 0 bridgehead atoms. The molecular weight excluding hydrogens is 312 g/mol. The number of nitrogens with zero attached hydrogens (tertiary/aromatic N) is 1. The average Bonchev–Trinajstić information content (AvgIpc) is 2.83. The SMILES string of the molecule is N#Cc1ccccc1OC(CN)c1ccc(Br)s1.